The van der Waals surface area contributed by atoms with Crippen LogP contribution in [0.25, 0.3) is 0 Å². The van der Waals surface area contributed by atoms with Crippen LogP contribution in [0.5, 0.6) is 0 Å². The Morgan fingerprint density at radius 1 is 1.31 bits per heavy atom. The zero-order chi connectivity index (χ0) is 11.9. The summed E-state index contributed by atoms with van der Waals surface area (Å²) in [6.45, 7) is 1.47. The van der Waals surface area contributed by atoms with Crippen molar-refractivity contribution in [2.24, 2.45) is 11.7 Å². The van der Waals surface area contributed by atoms with Gasteiger partial charge in [-0.05, 0) is 42.9 Å². The maximum Gasteiger partial charge on any atom is 0.416 e. The van der Waals surface area contributed by atoms with Gasteiger partial charge in [0.25, 0.3) is 0 Å². The summed E-state index contributed by atoms with van der Waals surface area (Å²) >= 11 is 0. The van der Waals surface area contributed by atoms with Gasteiger partial charge in [0, 0.05) is 6.04 Å². The zero-order valence-electron chi connectivity index (χ0n) is 9.01. The lowest BCUT2D eigenvalue weighted by atomic mass is 9.98. The van der Waals surface area contributed by atoms with Crippen LogP contribution in [0.4, 0.5) is 13.2 Å². The van der Waals surface area contributed by atoms with Gasteiger partial charge in [-0.2, -0.15) is 13.2 Å². The lowest BCUT2D eigenvalue weighted by molar-refractivity contribution is -0.138. The molecule has 4 heteroatoms. The SMILES string of the molecule is Cc1ccc([C@@H](N)C2CC2)cc1C(F)(F)F. The van der Waals surface area contributed by atoms with E-state index in [0.29, 0.717) is 11.5 Å². The number of rotatable bonds is 2. The van der Waals surface area contributed by atoms with E-state index in [9.17, 15) is 13.2 Å². The van der Waals surface area contributed by atoms with E-state index in [2.05, 4.69) is 0 Å². The first-order valence-corrected chi connectivity index (χ1v) is 5.33. The molecule has 88 valence electrons. The number of halogens is 3. The standard InChI is InChI=1S/C12H14F3N/c1-7-2-3-9(11(16)8-4-5-8)6-10(7)12(13,14)15/h2-3,6,8,11H,4-5,16H2,1H3/t11-/m0/s1. The Bertz CT molecular complexity index is 394. The van der Waals surface area contributed by atoms with Crippen LogP contribution >= 0.6 is 0 Å². The lowest BCUT2D eigenvalue weighted by Gasteiger charge is -2.15. The van der Waals surface area contributed by atoms with Gasteiger partial charge >= 0.3 is 6.18 Å². The third-order valence-corrected chi connectivity index (χ3v) is 3.08. The molecule has 2 N–H and O–H groups in total. The molecular formula is C12H14F3N. The second-order valence-electron chi connectivity index (χ2n) is 4.44. The third kappa shape index (κ3) is 2.21. The Morgan fingerprint density at radius 3 is 2.44 bits per heavy atom. The molecule has 1 aromatic rings. The predicted octanol–water partition coefficient (Wildman–Crippen LogP) is 3.42. The first-order valence-electron chi connectivity index (χ1n) is 5.33. The number of aryl methyl sites for hydroxylation is 1. The van der Waals surface area contributed by atoms with Crippen molar-refractivity contribution >= 4 is 0 Å². The summed E-state index contributed by atoms with van der Waals surface area (Å²) in [5.74, 6) is 0.365. The molecule has 0 bridgehead atoms. The van der Waals surface area contributed by atoms with E-state index in [-0.39, 0.29) is 11.6 Å². The lowest BCUT2D eigenvalue weighted by Crippen LogP contribution is -2.15. The molecule has 0 aliphatic heterocycles. The number of hydrogen-bond acceptors (Lipinski definition) is 1. The summed E-state index contributed by atoms with van der Waals surface area (Å²) in [5.41, 5.74) is 6.17. The number of hydrogen-bond donors (Lipinski definition) is 1. The fourth-order valence-corrected chi connectivity index (χ4v) is 1.88. The molecule has 0 saturated heterocycles. The van der Waals surface area contributed by atoms with Gasteiger partial charge in [0.05, 0.1) is 5.56 Å². The zero-order valence-corrected chi connectivity index (χ0v) is 9.01. The first-order chi connectivity index (χ1) is 7.39. The molecule has 0 amide bonds. The van der Waals surface area contributed by atoms with Crippen LogP contribution in [0, 0.1) is 12.8 Å². The highest BCUT2D eigenvalue weighted by Crippen LogP contribution is 2.41. The highest BCUT2D eigenvalue weighted by molar-refractivity contribution is 5.35. The van der Waals surface area contributed by atoms with E-state index in [1.54, 1.807) is 6.07 Å². The molecule has 16 heavy (non-hydrogen) atoms. The molecule has 0 aromatic heterocycles. The number of alkyl halides is 3. The van der Waals surface area contributed by atoms with Gasteiger partial charge in [0.1, 0.15) is 0 Å². The summed E-state index contributed by atoms with van der Waals surface area (Å²) < 4.78 is 38.0. The minimum absolute atomic E-state index is 0.248. The molecule has 1 aromatic carbocycles. The largest absolute Gasteiger partial charge is 0.416 e. The van der Waals surface area contributed by atoms with Crippen molar-refractivity contribution in [3.63, 3.8) is 0 Å². The summed E-state index contributed by atoms with van der Waals surface area (Å²) in [6.07, 6.45) is -2.24. The van der Waals surface area contributed by atoms with E-state index in [1.807, 2.05) is 0 Å². The van der Waals surface area contributed by atoms with Crippen LogP contribution in [-0.4, -0.2) is 0 Å². The van der Waals surface area contributed by atoms with Crippen molar-refractivity contribution < 1.29 is 13.2 Å². The Hall–Kier alpha value is -1.03. The van der Waals surface area contributed by atoms with Gasteiger partial charge in [0.15, 0.2) is 0 Å². The Kier molecular flexibility index (Phi) is 2.70. The quantitative estimate of drug-likeness (QED) is 0.826. The monoisotopic (exact) mass is 229 g/mol. The maximum absolute atomic E-state index is 12.7. The van der Waals surface area contributed by atoms with Gasteiger partial charge in [-0.1, -0.05) is 12.1 Å². The molecule has 0 spiro atoms. The Balaban J connectivity index is 2.34. The van der Waals surface area contributed by atoms with Crippen LogP contribution in [0.2, 0.25) is 0 Å². The van der Waals surface area contributed by atoms with Crippen molar-refractivity contribution in [2.75, 3.05) is 0 Å². The maximum atomic E-state index is 12.7. The predicted molar refractivity (Wildman–Crippen MR) is 55.8 cm³/mol. The number of nitrogens with two attached hydrogens (primary N) is 1. The fourth-order valence-electron chi connectivity index (χ4n) is 1.88. The molecule has 0 heterocycles. The summed E-state index contributed by atoms with van der Waals surface area (Å²) in [4.78, 5) is 0. The van der Waals surface area contributed by atoms with E-state index in [1.165, 1.54) is 19.1 Å². The van der Waals surface area contributed by atoms with Crippen molar-refractivity contribution in [3.8, 4) is 0 Å². The normalized spacial score (nSPS) is 18.6. The van der Waals surface area contributed by atoms with Gasteiger partial charge in [-0.3, -0.25) is 0 Å². The Morgan fingerprint density at radius 2 is 1.94 bits per heavy atom. The van der Waals surface area contributed by atoms with Gasteiger partial charge in [0.2, 0.25) is 0 Å². The second-order valence-corrected chi connectivity index (χ2v) is 4.44. The van der Waals surface area contributed by atoms with Crippen LogP contribution in [-0.2, 0) is 6.18 Å². The molecule has 1 saturated carbocycles. The molecule has 1 aliphatic carbocycles. The first kappa shape index (κ1) is 11.5. The average Bonchev–Trinajstić information content (AvgIpc) is 2.98. The van der Waals surface area contributed by atoms with Gasteiger partial charge in [-0.15, -0.1) is 0 Å². The smallest absolute Gasteiger partial charge is 0.324 e. The minimum atomic E-state index is -4.29. The summed E-state index contributed by atoms with van der Waals surface area (Å²) in [6, 6.07) is 4.15. The molecule has 0 radical (unpaired) electrons. The molecule has 1 fully saturated rings. The van der Waals surface area contributed by atoms with Crippen molar-refractivity contribution in [2.45, 2.75) is 32.0 Å². The third-order valence-electron chi connectivity index (χ3n) is 3.08. The Labute approximate surface area is 92.5 Å². The minimum Gasteiger partial charge on any atom is -0.324 e. The van der Waals surface area contributed by atoms with Gasteiger partial charge < -0.3 is 5.73 Å². The topological polar surface area (TPSA) is 26.0 Å². The number of benzene rings is 1. The van der Waals surface area contributed by atoms with E-state index >= 15 is 0 Å². The highest BCUT2D eigenvalue weighted by Gasteiger charge is 2.34. The van der Waals surface area contributed by atoms with Crippen LogP contribution in [0.1, 0.15) is 35.6 Å². The van der Waals surface area contributed by atoms with Gasteiger partial charge in [-0.25, -0.2) is 0 Å². The van der Waals surface area contributed by atoms with E-state index in [0.717, 1.165) is 12.8 Å². The molecular weight excluding hydrogens is 215 g/mol. The van der Waals surface area contributed by atoms with Crippen LogP contribution < -0.4 is 5.73 Å². The summed E-state index contributed by atoms with van der Waals surface area (Å²) in [5, 5.41) is 0. The average molecular weight is 229 g/mol. The molecule has 1 atom stereocenters. The van der Waals surface area contributed by atoms with Crippen molar-refractivity contribution in [3.05, 3.63) is 34.9 Å². The van der Waals surface area contributed by atoms with Crippen molar-refractivity contribution in [1.82, 2.24) is 0 Å². The highest BCUT2D eigenvalue weighted by atomic mass is 19.4. The van der Waals surface area contributed by atoms with Crippen molar-refractivity contribution in [1.29, 1.82) is 0 Å². The molecule has 1 nitrogen and oxygen atoms in total. The molecule has 2 rings (SSSR count). The van der Waals surface area contributed by atoms with Crippen LogP contribution in [0.3, 0.4) is 0 Å². The molecule has 0 unspecified atom stereocenters. The van der Waals surface area contributed by atoms with E-state index in [4.69, 9.17) is 5.73 Å². The second kappa shape index (κ2) is 3.77. The van der Waals surface area contributed by atoms with Crippen LogP contribution in [0.15, 0.2) is 18.2 Å². The van der Waals surface area contributed by atoms with E-state index < -0.39 is 11.7 Å². The summed E-state index contributed by atoms with van der Waals surface area (Å²) in [7, 11) is 0. The molecule has 1 aliphatic rings. The fraction of sp³-hybridized carbons (Fsp3) is 0.500.